The molecule has 1 spiro atoms. The number of nitriles is 1. The van der Waals surface area contributed by atoms with E-state index >= 15 is 0 Å². The zero-order valence-corrected chi connectivity index (χ0v) is 18.2. The number of amidine groups is 1. The van der Waals surface area contributed by atoms with E-state index in [2.05, 4.69) is 0 Å². The van der Waals surface area contributed by atoms with Crippen LogP contribution in [0.5, 0.6) is 5.75 Å². The molecular formula is C25H26FN3O3. The molecule has 5 rings (SSSR count). The van der Waals surface area contributed by atoms with Crippen LogP contribution in [-0.4, -0.2) is 30.9 Å². The molecule has 0 radical (unpaired) electrons. The molecular weight excluding hydrogens is 409 g/mol. The molecule has 0 saturated heterocycles. The summed E-state index contributed by atoms with van der Waals surface area (Å²) >= 11 is 0. The Kier molecular flexibility index (Phi) is 5.06. The molecule has 4 atom stereocenters. The van der Waals surface area contributed by atoms with Crippen molar-refractivity contribution in [3.8, 4) is 22.9 Å². The summed E-state index contributed by atoms with van der Waals surface area (Å²) in [5.74, 6) is 0.346. The fraction of sp³-hybridized carbons (Fsp3) is 0.440. The highest BCUT2D eigenvalue weighted by molar-refractivity contribution is 5.75. The van der Waals surface area contributed by atoms with Crippen molar-refractivity contribution in [2.45, 2.75) is 57.0 Å². The summed E-state index contributed by atoms with van der Waals surface area (Å²) in [6, 6.07) is 12.3. The van der Waals surface area contributed by atoms with Crippen molar-refractivity contribution in [1.29, 1.82) is 5.26 Å². The number of benzene rings is 2. The van der Waals surface area contributed by atoms with Crippen LogP contribution >= 0.6 is 0 Å². The van der Waals surface area contributed by atoms with E-state index in [0.29, 0.717) is 12.2 Å². The summed E-state index contributed by atoms with van der Waals surface area (Å²) in [5, 5.41) is 9.24. The lowest BCUT2D eigenvalue weighted by atomic mass is 9.67. The topological polar surface area (TPSA) is 89.9 Å². The fourth-order valence-electron chi connectivity index (χ4n) is 5.36. The van der Waals surface area contributed by atoms with Crippen molar-refractivity contribution >= 4 is 6.02 Å². The molecule has 2 heterocycles. The average molecular weight is 435 g/mol. The van der Waals surface area contributed by atoms with E-state index in [-0.39, 0.29) is 35.8 Å². The molecule has 0 bridgehead atoms. The molecule has 1 saturated carbocycles. The smallest absolute Gasteiger partial charge is 0.283 e. The Morgan fingerprint density at radius 2 is 2.06 bits per heavy atom. The van der Waals surface area contributed by atoms with Crippen LogP contribution in [0.4, 0.5) is 4.39 Å². The van der Waals surface area contributed by atoms with Gasteiger partial charge < -0.3 is 19.9 Å². The van der Waals surface area contributed by atoms with E-state index in [0.717, 1.165) is 36.1 Å². The van der Waals surface area contributed by atoms with Gasteiger partial charge >= 0.3 is 0 Å². The summed E-state index contributed by atoms with van der Waals surface area (Å²) in [4.78, 5) is 4.82. The van der Waals surface area contributed by atoms with Gasteiger partial charge in [-0.25, -0.2) is 9.38 Å². The van der Waals surface area contributed by atoms with Gasteiger partial charge in [-0.3, -0.25) is 0 Å². The number of halogens is 1. The van der Waals surface area contributed by atoms with E-state index in [1.54, 1.807) is 6.07 Å². The molecule has 2 unspecified atom stereocenters. The van der Waals surface area contributed by atoms with Crippen molar-refractivity contribution < 1.29 is 18.6 Å². The van der Waals surface area contributed by atoms with E-state index in [1.807, 2.05) is 38.1 Å². The minimum atomic E-state index is -0.678. The third kappa shape index (κ3) is 3.49. The molecule has 6 nitrogen and oxygen atoms in total. The second-order valence-corrected chi connectivity index (χ2v) is 9.10. The molecule has 2 aromatic carbocycles. The molecule has 2 aromatic rings. The Bertz CT molecular complexity index is 1130. The highest BCUT2D eigenvalue weighted by Crippen LogP contribution is 2.53. The molecule has 0 aromatic heterocycles. The number of fused-ring (bicyclic) bond motifs is 4. The van der Waals surface area contributed by atoms with Crippen LogP contribution in [0.3, 0.4) is 0 Å². The maximum Gasteiger partial charge on any atom is 0.283 e. The Labute approximate surface area is 186 Å². The molecule has 0 amide bonds. The lowest BCUT2D eigenvalue weighted by Crippen LogP contribution is -2.52. The molecule has 1 aliphatic carbocycles. The number of ether oxygens (including phenoxy) is 3. The Balaban J connectivity index is 1.60. The van der Waals surface area contributed by atoms with Gasteiger partial charge in [0.05, 0.1) is 23.8 Å². The van der Waals surface area contributed by atoms with E-state index in [1.165, 1.54) is 12.1 Å². The normalized spacial score (nSPS) is 28.3. The monoisotopic (exact) mass is 435 g/mol. The maximum absolute atomic E-state index is 14.1. The van der Waals surface area contributed by atoms with Crippen LogP contribution in [0.1, 0.15) is 44.2 Å². The third-order valence-electron chi connectivity index (χ3n) is 6.65. The van der Waals surface area contributed by atoms with Crippen molar-refractivity contribution in [2.24, 2.45) is 16.6 Å². The lowest BCUT2D eigenvalue weighted by Gasteiger charge is -2.48. The molecule has 1 fully saturated rings. The molecule has 32 heavy (non-hydrogen) atoms. The van der Waals surface area contributed by atoms with Crippen LogP contribution < -0.4 is 10.5 Å². The molecule has 2 aliphatic heterocycles. The first kappa shape index (κ1) is 20.8. The number of hydrogen-bond acceptors (Lipinski definition) is 6. The highest BCUT2D eigenvalue weighted by Gasteiger charge is 2.55. The van der Waals surface area contributed by atoms with Gasteiger partial charge in [0, 0.05) is 11.5 Å². The Hall–Kier alpha value is -3.11. The van der Waals surface area contributed by atoms with Crippen LogP contribution in [0.15, 0.2) is 41.4 Å². The summed E-state index contributed by atoms with van der Waals surface area (Å²) in [6.07, 6.45) is 2.87. The molecule has 7 heteroatoms. The van der Waals surface area contributed by atoms with Crippen molar-refractivity contribution in [1.82, 2.24) is 0 Å². The predicted octanol–water partition coefficient (Wildman–Crippen LogP) is 4.26. The fourth-order valence-corrected chi connectivity index (χ4v) is 5.36. The summed E-state index contributed by atoms with van der Waals surface area (Å²) in [6.45, 7) is 4.43. The van der Waals surface area contributed by atoms with Gasteiger partial charge in [0.15, 0.2) is 0 Å². The number of rotatable bonds is 3. The molecule has 166 valence electrons. The number of aliphatic imine (C=N–C) groups is 1. The first-order valence-electron chi connectivity index (χ1n) is 11.0. The van der Waals surface area contributed by atoms with Gasteiger partial charge in [0.25, 0.3) is 6.02 Å². The van der Waals surface area contributed by atoms with Gasteiger partial charge in [0.1, 0.15) is 29.8 Å². The molecule has 2 N–H and O–H groups in total. The standard InChI is InChI=1S/C25H26FN3O3/c1-14(2)31-19-4-6-23-21(11-19)25(13-30-24(28)29-25)20-10-16(3-5-22(20)32-23)17-7-15(12-27)8-18(26)9-17/h3,5,7-10,14,19,21,23H,4,6,11,13H2,1-2H3,(H2,28,29)/t19?,21-,23-,25?/m0/s1. The van der Waals surface area contributed by atoms with Crippen molar-refractivity contribution in [3.63, 3.8) is 0 Å². The quantitative estimate of drug-likeness (QED) is 0.778. The average Bonchev–Trinajstić information content (AvgIpc) is 3.15. The van der Waals surface area contributed by atoms with Crippen molar-refractivity contribution in [2.75, 3.05) is 6.61 Å². The lowest BCUT2D eigenvalue weighted by molar-refractivity contribution is -0.0791. The van der Waals surface area contributed by atoms with Crippen molar-refractivity contribution in [3.05, 3.63) is 53.3 Å². The van der Waals surface area contributed by atoms with Gasteiger partial charge in [-0.1, -0.05) is 6.07 Å². The van der Waals surface area contributed by atoms with Crippen LogP contribution in [0, 0.1) is 23.1 Å². The van der Waals surface area contributed by atoms with Gasteiger partial charge in [-0.2, -0.15) is 5.26 Å². The summed E-state index contributed by atoms with van der Waals surface area (Å²) in [7, 11) is 0. The summed E-state index contributed by atoms with van der Waals surface area (Å²) < 4.78 is 32.4. The first-order valence-corrected chi connectivity index (χ1v) is 11.0. The van der Waals surface area contributed by atoms with E-state index in [9.17, 15) is 9.65 Å². The minimum absolute atomic E-state index is 0.00188. The number of hydrogen-bond donors (Lipinski definition) is 1. The number of nitrogens with zero attached hydrogens (tertiary/aromatic N) is 2. The second-order valence-electron chi connectivity index (χ2n) is 9.10. The van der Waals surface area contributed by atoms with Crippen LogP contribution in [-0.2, 0) is 15.0 Å². The summed E-state index contributed by atoms with van der Waals surface area (Å²) in [5.41, 5.74) is 7.90. The SMILES string of the molecule is CC(C)OC1CC[C@@H]2Oc3ccc(-c4cc(F)cc(C#N)c4)cc3C3(COC(N)=N3)[C@H]2C1. The Morgan fingerprint density at radius 1 is 1.22 bits per heavy atom. The second kappa shape index (κ2) is 7.79. The Morgan fingerprint density at radius 3 is 2.78 bits per heavy atom. The minimum Gasteiger partial charge on any atom is -0.490 e. The van der Waals surface area contributed by atoms with Gasteiger partial charge in [0.2, 0.25) is 0 Å². The predicted molar refractivity (Wildman–Crippen MR) is 118 cm³/mol. The van der Waals surface area contributed by atoms with Gasteiger partial charge in [-0.15, -0.1) is 0 Å². The highest BCUT2D eigenvalue weighted by atomic mass is 19.1. The zero-order chi connectivity index (χ0) is 22.5. The first-order chi connectivity index (χ1) is 15.4. The van der Waals surface area contributed by atoms with Gasteiger partial charge in [-0.05, 0) is 74.6 Å². The third-order valence-corrected chi connectivity index (χ3v) is 6.65. The maximum atomic E-state index is 14.1. The van der Waals surface area contributed by atoms with Crippen LogP contribution in [0.2, 0.25) is 0 Å². The van der Waals surface area contributed by atoms with E-state index in [4.69, 9.17) is 24.9 Å². The largest absolute Gasteiger partial charge is 0.490 e. The molecule has 3 aliphatic rings. The number of nitrogens with two attached hydrogens (primary N) is 1. The van der Waals surface area contributed by atoms with Crippen LogP contribution in [0.25, 0.3) is 11.1 Å². The zero-order valence-electron chi connectivity index (χ0n) is 18.2. The van der Waals surface area contributed by atoms with E-state index < -0.39 is 11.4 Å².